The number of hydrogen-bond acceptors (Lipinski definition) is 5. The molecule has 1 saturated carbocycles. The fourth-order valence-electron chi connectivity index (χ4n) is 3.65. The Hall–Kier alpha value is -2.18. The van der Waals surface area contributed by atoms with Crippen LogP contribution in [0.3, 0.4) is 0 Å². The fourth-order valence-corrected chi connectivity index (χ4v) is 3.65. The molecule has 3 rings (SSSR count). The first-order valence-corrected chi connectivity index (χ1v) is 9.19. The van der Waals surface area contributed by atoms with E-state index in [9.17, 15) is 9.59 Å². The lowest BCUT2D eigenvalue weighted by Crippen LogP contribution is -2.44. The lowest BCUT2D eigenvalue weighted by atomic mass is 9.91. The Labute approximate surface area is 160 Å². The minimum atomic E-state index is -0.931. The summed E-state index contributed by atoms with van der Waals surface area (Å²) < 4.78 is 10.8. The van der Waals surface area contributed by atoms with E-state index in [1.165, 1.54) is 12.2 Å². The molecule has 6 nitrogen and oxygen atoms in total. The largest absolute Gasteiger partial charge is 0.427 e. The molecule has 0 unspecified atom stereocenters. The van der Waals surface area contributed by atoms with Crippen molar-refractivity contribution in [3.8, 4) is 0 Å². The number of aryl methyl sites for hydroxylation is 3. The number of amides is 1. The molecule has 1 aromatic carbocycles. The first-order valence-electron chi connectivity index (χ1n) is 9.19. The van der Waals surface area contributed by atoms with Crippen molar-refractivity contribution in [1.82, 2.24) is 5.06 Å². The molecular formula is C21H27NO5. The molecule has 1 aliphatic carbocycles. The SMILES string of the molecule is COCON1C(=O)C(c2c(C)cc(C)cc2C)=C(OC(=O)C2CC2)C1(C)C. The third kappa shape index (κ3) is 3.51. The standard InChI is InChI=1S/C21H27NO5/c1-12-9-13(2)16(14(3)10-12)17-18(27-20(24)15-7-8-15)21(4,5)22(19(17)23)26-11-25-6/h9-10,15H,7-8,11H2,1-6H3. The lowest BCUT2D eigenvalue weighted by Gasteiger charge is -2.31. The van der Waals surface area contributed by atoms with Gasteiger partial charge in [-0.3, -0.25) is 9.59 Å². The number of hydrogen-bond donors (Lipinski definition) is 0. The molecule has 1 aromatic rings. The van der Waals surface area contributed by atoms with Crippen molar-refractivity contribution in [3.05, 3.63) is 40.1 Å². The second-order valence-electron chi connectivity index (χ2n) is 7.87. The summed E-state index contributed by atoms with van der Waals surface area (Å²) in [5.41, 5.74) is 3.28. The molecule has 2 aliphatic rings. The lowest BCUT2D eigenvalue weighted by molar-refractivity contribution is -0.239. The zero-order valence-electron chi connectivity index (χ0n) is 16.8. The molecule has 1 aliphatic heterocycles. The van der Waals surface area contributed by atoms with Crippen molar-refractivity contribution < 1.29 is 23.9 Å². The Morgan fingerprint density at radius 3 is 2.30 bits per heavy atom. The van der Waals surface area contributed by atoms with Crippen LogP contribution in [0.2, 0.25) is 0 Å². The van der Waals surface area contributed by atoms with E-state index < -0.39 is 5.54 Å². The second kappa shape index (κ2) is 7.09. The van der Waals surface area contributed by atoms with Gasteiger partial charge in [-0.1, -0.05) is 17.7 Å². The van der Waals surface area contributed by atoms with Crippen LogP contribution in [0.1, 0.15) is 48.9 Å². The smallest absolute Gasteiger partial charge is 0.314 e. The van der Waals surface area contributed by atoms with E-state index >= 15 is 0 Å². The predicted molar refractivity (Wildman–Crippen MR) is 100 cm³/mol. The van der Waals surface area contributed by atoms with E-state index in [-0.39, 0.29) is 24.6 Å². The normalized spacial score (nSPS) is 19.0. The molecule has 0 radical (unpaired) electrons. The third-order valence-electron chi connectivity index (χ3n) is 5.03. The number of esters is 1. The van der Waals surface area contributed by atoms with E-state index in [1.54, 1.807) is 0 Å². The van der Waals surface area contributed by atoms with E-state index in [0.717, 1.165) is 35.1 Å². The Morgan fingerprint density at radius 2 is 1.78 bits per heavy atom. The van der Waals surface area contributed by atoms with E-state index in [2.05, 4.69) is 0 Å². The summed E-state index contributed by atoms with van der Waals surface area (Å²) in [4.78, 5) is 31.3. The number of rotatable bonds is 6. The third-order valence-corrected chi connectivity index (χ3v) is 5.03. The number of ether oxygens (including phenoxy) is 2. The fraction of sp³-hybridized carbons (Fsp3) is 0.524. The number of carbonyl (C=O) groups is 2. The van der Waals surface area contributed by atoms with Crippen molar-refractivity contribution >= 4 is 17.4 Å². The quantitative estimate of drug-likeness (QED) is 0.565. The van der Waals surface area contributed by atoms with E-state index in [0.29, 0.717) is 11.3 Å². The number of benzene rings is 1. The average molecular weight is 373 g/mol. The molecule has 0 bridgehead atoms. The second-order valence-corrected chi connectivity index (χ2v) is 7.87. The summed E-state index contributed by atoms with van der Waals surface area (Å²) in [6, 6.07) is 4.04. The van der Waals surface area contributed by atoms with Crippen molar-refractivity contribution in [2.24, 2.45) is 5.92 Å². The molecule has 0 spiro atoms. The Morgan fingerprint density at radius 1 is 1.19 bits per heavy atom. The highest BCUT2D eigenvalue weighted by Crippen LogP contribution is 2.44. The Kier molecular flexibility index (Phi) is 5.14. The zero-order chi connectivity index (χ0) is 19.9. The average Bonchev–Trinajstić information content (AvgIpc) is 3.38. The molecule has 0 atom stereocenters. The summed E-state index contributed by atoms with van der Waals surface area (Å²) >= 11 is 0. The molecule has 1 amide bonds. The predicted octanol–water partition coefficient (Wildman–Crippen LogP) is 3.43. The van der Waals surface area contributed by atoms with Crippen LogP contribution in [0, 0.1) is 26.7 Å². The Bertz CT molecular complexity index is 797. The van der Waals surface area contributed by atoms with Crippen LogP contribution in [-0.2, 0) is 23.9 Å². The molecule has 0 N–H and O–H groups in total. The molecule has 6 heteroatoms. The van der Waals surface area contributed by atoms with E-state index in [4.69, 9.17) is 14.3 Å². The van der Waals surface area contributed by atoms with E-state index in [1.807, 2.05) is 46.8 Å². The van der Waals surface area contributed by atoms with Gasteiger partial charge in [0.25, 0.3) is 5.91 Å². The number of hydroxylamine groups is 2. The van der Waals surface area contributed by atoms with Gasteiger partial charge in [0, 0.05) is 7.11 Å². The minimum Gasteiger partial charge on any atom is -0.427 e. The summed E-state index contributed by atoms with van der Waals surface area (Å²) in [5, 5.41) is 1.25. The molecular weight excluding hydrogens is 346 g/mol. The first kappa shape index (κ1) is 19.6. The van der Waals surface area contributed by atoms with Crippen molar-refractivity contribution in [2.45, 2.75) is 53.0 Å². The van der Waals surface area contributed by atoms with Gasteiger partial charge >= 0.3 is 5.97 Å². The highest BCUT2D eigenvalue weighted by atomic mass is 16.8. The maximum atomic E-state index is 13.3. The van der Waals surface area contributed by atoms with Crippen LogP contribution < -0.4 is 0 Å². The monoisotopic (exact) mass is 373 g/mol. The summed E-state index contributed by atoms with van der Waals surface area (Å²) in [7, 11) is 1.49. The van der Waals surface area contributed by atoms with Crippen LogP contribution in [0.4, 0.5) is 0 Å². The van der Waals surface area contributed by atoms with Crippen LogP contribution in [0.25, 0.3) is 5.57 Å². The van der Waals surface area contributed by atoms with Gasteiger partial charge < -0.3 is 9.47 Å². The minimum absolute atomic E-state index is 0.0705. The highest BCUT2D eigenvalue weighted by molar-refractivity contribution is 6.23. The molecule has 146 valence electrons. The summed E-state index contributed by atoms with van der Waals surface area (Å²) in [5.74, 6) is -0.334. The summed E-state index contributed by atoms with van der Waals surface area (Å²) in [6.07, 6.45) is 1.67. The van der Waals surface area contributed by atoms with Gasteiger partial charge in [-0.05, 0) is 64.2 Å². The van der Waals surface area contributed by atoms with Gasteiger partial charge in [0.1, 0.15) is 11.3 Å². The van der Waals surface area contributed by atoms with Gasteiger partial charge in [-0.25, -0.2) is 9.90 Å². The van der Waals surface area contributed by atoms with Gasteiger partial charge in [0.15, 0.2) is 6.79 Å². The number of nitrogens with zero attached hydrogens (tertiary/aromatic N) is 1. The summed E-state index contributed by atoms with van der Waals surface area (Å²) in [6.45, 7) is 9.48. The molecule has 0 aromatic heterocycles. The zero-order valence-corrected chi connectivity index (χ0v) is 16.8. The molecule has 1 fully saturated rings. The maximum absolute atomic E-state index is 13.3. The van der Waals surface area contributed by atoms with Crippen LogP contribution >= 0.6 is 0 Å². The molecule has 27 heavy (non-hydrogen) atoms. The maximum Gasteiger partial charge on any atom is 0.314 e. The molecule has 1 heterocycles. The number of methoxy groups -OCH3 is 1. The van der Waals surface area contributed by atoms with Crippen LogP contribution in [-0.4, -0.2) is 36.4 Å². The van der Waals surface area contributed by atoms with Gasteiger partial charge in [-0.2, -0.15) is 0 Å². The molecule has 0 saturated heterocycles. The van der Waals surface area contributed by atoms with Gasteiger partial charge in [0.05, 0.1) is 11.5 Å². The Balaban J connectivity index is 2.14. The highest BCUT2D eigenvalue weighted by Gasteiger charge is 2.51. The van der Waals surface area contributed by atoms with Crippen molar-refractivity contribution in [2.75, 3.05) is 13.9 Å². The topological polar surface area (TPSA) is 65.1 Å². The van der Waals surface area contributed by atoms with Crippen molar-refractivity contribution in [3.63, 3.8) is 0 Å². The van der Waals surface area contributed by atoms with Crippen LogP contribution in [0.5, 0.6) is 0 Å². The number of carbonyl (C=O) groups excluding carboxylic acids is 2. The van der Waals surface area contributed by atoms with Crippen LogP contribution in [0.15, 0.2) is 17.9 Å². The van der Waals surface area contributed by atoms with Crippen molar-refractivity contribution in [1.29, 1.82) is 0 Å². The van der Waals surface area contributed by atoms with Gasteiger partial charge in [0.2, 0.25) is 0 Å². The first-order chi connectivity index (χ1) is 12.7. The van der Waals surface area contributed by atoms with Gasteiger partial charge in [-0.15, -0.1) is 0 Å².